The molecule has 17 heavy (non-hydrogen) atoms. The number of amides is 1. The number of hydrogen-bond acceptors (Lipinski definition) is 2. The Morgan fingerprint density at radius 2 is 1.59 bits per heavy atom. The van der Waals surface area contributed by atoms with Gasteiger partial charge in [-0.15, -0.1) is 0 Å². The molecule has 84 valence electrons. The Morgan fingerprint density at radius 1 is 0.882 bits per heavy atom. The van der Waals surface area contributed by atoms with Gasteiger partial charge in [0.25, 0.3) is 5.91 Å². The molecular formula is C14H12N2O. The average molecular weight is 224 g/mol. The number of carbonyl (C=O) groups is 1. The Kier molecular flexibility index (Phi) is 2.38. The van der Waals surface area contributed by atoms with Crippen LogP contribution in [0.15, 0.2) is 54.6 Å². The van der Waals surface area contributed by atoms with Crippen molar-refractivity contribution in [2.75, 3.05) is 0 Å². The largest absolute Gasteiger partial charge is 0.287 e. The van der Waals surface area contributed by atoms with E-state index >= 15 is 0 Å². The summed E-state index contributed by atoms with van der Waals surface area (Å²) < 4.78 is 0. The van der Waals surface area contributed by atoms with Crippen LogP contribution in [0.5, 0.6) is 0 Å². The van der Waals surface area contributed by atoms with Crippen molar-refractivity contribution in [2.24, 2.45) is 0 Å². The molecule has 0 bridgehead atoms. The van der Waals surface area contributed by atoms with Gasteiger partial charge in [-0.25, -0.2) is 5.43 Å². The van der Waals surface area contributed by atoms with Crippen LogP contribution in [0.4, 0.5) is 0 Å². The second-order valence-corrected chi connectivity index (χ2v) is 4.03. The van der Waals surface area contributed by atoms with Crippen LogP contribution in [-0.4, -0.2) is 5.91 Å². The highest BCUT2D eigenvalue weighted by atomic mass is 16.2. The summed E-state index contributed by atoms with van der Waals surface area (Å²) in [7, 11) is 0. The van der Waals surface area contributed by atoms with Gasteiger partial charge < -0.3 is 0 Å². The van der Waals surface area contributed by atoms with E-state index in [9.17, 15) is 4.79 Å². The van der Waals surface area contributed by atoms with Crippen molar-refractivity contribution >= 4 is 5.91 Å². The van der Waals surface area contributed by atoms with Gasteiger partial charge in [-0.05, 0) is 17.2 Å². The topological polar surface area (TPSA) is 41.1 Å². The minimum atomic E-state index is -0.0761. The number of benzene rings is 2. The average Bonchev–Trinajstić information content (AvgIpc) is 2.41. The molecule has 0 aromatic heterocycles. The monoisotopic (exact) mass is 224 g/mol. The zero-order valence-corrected chi connectivity index (χ0v) is 9.18. The lowest BCUT2D eigenvalue weighted by Gasteiger charge is -2.27. The highest BCUT2D eigenvalue weighted by molar-refractivity contribution is 5.96. The van der Waals surface area contributed by atoms with Crippen molar-refractivity contribution in [3.8, 4) is 0 Å². The van der Waals surface area contributed by atoms with Crippen molar-refractivity contribution < 1.29 is 4.79 Å². The molecule has 0 saturated heterocycles. The first kappa shape index (κ1) is 10.1. The van der Waals surface area contributed by atoms with Gasteiger partial charge >= 0.3 is 0 Å². The first-order valence-electron chi connectivity index (χ1n) is 5.56. The molecule has 2 aromatic rings. The molecule has 0 spiro atoms. The van der Waals surface area contributed by atoms with Crippen LogP contribution < -0.4 is 10.9 Å². The molecule has 0 saturated carbocycles. The SMILES string of the molecule is O=C1NN[C@@H](c2ccccc2)c2ccccc21. The fourth-order valence-electron chi connectivity index (χ4n) is 2.15. The summed E-state index contributed by atoms with van der Waals surface area (Å²) >= 11 is 0. The van der Waals surface area contributed by atoms with Gasteiger partial charge in [-0.3, -0.25) is 10.2 Å². The molecule has 0 fully saturated rings. The zero-order valence-electron chi connectivity index (χ0n) is 9.18. The minimum absolute atomic E-state index is 0.0186. The Morgan fingerprint density at radius 3 is 2.41 bits per heavy atom. The van der Waals surface area contributed by atoms with Crippen molar-refractivity contribution in [1.82, 2.24) is 10.9 Å². The summed E-state index contributed by atoms with van der Waals surface area (Å²) in [6.07, 6.45) is 0. The highest BCUT2D eigenvalue weighted by Gasteiger charge is 2.25. The van der Waals surface area contributed by atoms with Crippen molar-refractivity contribution in [1.29, 1.82) is 0 Å². The number of carbonyl (C=O) groups excluding carboxylic acids is 1. The number of hydrogen-bond donors (Lipinski definition) is 2. The molecule has 2 N–H and O–H groups in total. The lowest BCUT2D eigenvalue weighted by atomic mass is 9.93. The fourth-order valence-corrected chi connectivity index (χ4v) is 2.15. The molecule has 1 atom stereocenters. The maximum Gasteiger partial charge on any atom is 0.265 e. The summed E-state index contributed by atoms with van der Waals surface area (Å²) in [5.74, 6) is -0.0761. The summed E-state index contributed by atoms with van der Waals surface area (Å²) in [6, 6.07) is 17.8. The third-order valence-electron chi connectivity index (χ3n) is 2.98. The van der Waals surface area contributed by atoms with Crippen LogP contribution in [-0.2, 0) is 0 Å². The molecule has 1 aliphatic heterocycles. The Balaban J connectivity index is 2.10. The smallest absolute Gasteiger partial charge is 0.265 e. The first-order valence-corrected chi connectivity index (χ1v) is 5.56. The van der Waals surface area contributed by atoms with Crippen LogP contribution in [0, 0.1) is 0 Å². The van der Waals surface area contributed by atoms with Crippen molar-refractivity contribution in [3.05, 3.63) is 71.3 Å². The normalized spacial score (nSPS) is 18.4. The van der Waals surface area contributed by atoms with Crippen molar-refractivity contribution in [3.63, 3.8) is 0 Å². The van der Waals surface area contributed by atoms with Crippen LogP contribution in [0.2, 0.25) is 0 Å². The Hall–Kier alpha value is -2.13. The van der Waals surface area contributed by atoms with E-state index in [1.54, 1.807) is 0 Å². The Labute approximate surface area is 99.4 Å². The summed E-state index contributed by atoms with van der Waals surface area (Å²) in [6.45, 7) is 0. The predicted molar refractivity (Wildman–Crippen MR) is 65.3 cm³/mol. The van der Waals surface area contributed by atoms with Crippen LogP contribution in [0.25, 0.3) is 0 Å². The van der Waals surface area contributed by atoms with Gasteiger partial charge in [0.2, 0.25) is 0 Å². The van der Waals surface area contributed by atoms with E-state index in [2.05, 4.69) is 10.9 Å². The van der Waals surface area contributed by atoms with E-state index in [1.807, 2.05) is 54.6 Å². The fraction of sp³-hybridized carbons (Fsp3) is 0.0714. The molecule has 1 heterocycles. The number of hydrazine groups is 1. The van der Waals surface area contributed by atoms with Crippen LogP contribution in [0.1, 0.15) is 27.5 Å². The minimum Gasteiger partial charge on any atom is -0.287 e. The number of nitrogens with one attached hydrogen (secondary N) is 2. The van der Waals surface area contributed by atoms with E-state index in [4.69, 9.17) is 0 Å². The van der Waals surface area contributed by atoms with Gasteiger partial charge in [-0.2, -0.15) is 0 Å². The summed E-state index contributed by atoms with van der Waals surface area (Å²) in [4.78, 5) is 11.7. The summed E-state index contributed by atoms with van der Waals surface area (Å²) in [5.41, 5.74) is 8.63. The van der Waals surface area contributed by atoms with Gasteiger partial charge in [0.15, 0.2) is 0 Å². The van der Waals surface area contributed by atoms with E-state index in [0.717, 1.165) is 16.7 Å². The molecule has 1 aliphatic rings. The molecule has 0 unspecified atom stereocenters. The second-order valence-electron chi connectivity index (χ2n) is 4.03. The van der Waals surface area contributed by atoms with Gasteiger partial charge in [0, 0.05) is 5.56 Å². The molecule has 0 radical (unpaired) electrons. The van der Waals surface area contributed by atoms with E-state index < -0.39 is 0 Å². The molecule has 3 rings (SSSR count). The third-order valence-corrected chi connectivity index (χ3v) is 2.98. The second kappa shape index (κ2) is 4.03. The van der Waals surface area contributed by atoms with E-state index in [0.29, 0.717) is 0 Å². The van der Waals surface area contributed by atoms with Gasteiger partial charge in [0.05, 0.1) is 6.04 Å². The van der Waals surface area contributed by atoms with Crippen molar-refractivity contribution in [2.45, 2.75) is 6.04 Å². The summed E-state index contributed by atoms with van der Waals surface area (Å²) in [5, 5.41) is 0. The molecule has 1 amide bonds. The molecule has 0 aliphatic carbocycles. The molecule has 3 heteroatoms. The Bertz CT molecular complexity index is 551. The van der Waals surface area contributed by atoms with Crippen LogP contribution >= 0.6 is 0 Å². The molecule has 2 aromatic carbocycles. The molecular weight excluding hydrogens is 212 g/mol. The zero-order chi connectivity index (χ0) is 11.7. The standard InChI is InChI=1S/C14H12N2O/c17-14-12-9-5-4-8-11(12)13(15-16-14)10-6-2-1-3-7-10/h1-9,13,15H,(H,16,17)/t13-/m0/s1. The highest BCUT2D eigenvalue weighted by Crippen LogP contribution is 2.26. The number of fused-ring (bicyclic) bond motifs is 1. The predicted octanol–water partition coefficient (Wildman–Crippen LogP) is 2.02. The van der Waals surface area contributed by atoms with Gasteiger partial charge in [0.1, 0.15) is 0 Å². The van der Waals surface area contributed by atoms with E-state index in [1.165, 1.54) is 0 Å². The molecule has 3 nitrogen and oxygen atoms in total. The maximum atomic E-state index is 11.7. The number of rotatable bonds is 1. The third kappa shape index (κ3) is 1.70. The lowest BCUT2D eigenvalue weighted by molar-refractivity contribution is 0.0913. The van der Waals surface area contributed by atoms with E-state index in [-0.39, 0.29) is 11.9 Å². The lowest BCUT2D eigenvalue weighted by Crippen LogP contribution is -2.45. The first-order chi connectivity index (χ1) is 8.36. The van der Waals surface area contributed by atoms with Gasteiger partial charge in [-0.1, -0.05) is 48.5 Å². The maximum absolute atomic E-state index is 11.7. The quantitative estimate of drug-likeness (QED) is 0.778. The van der Waals surface area contributed by atoms with Crippen LogP contribution in [0.3, 0.4) is 0 Å².